The highest BCUT2D eigenvalue weighted by molar-refractivity contribution is 5.73. The molecule has 1 aliphatic rings. The van der Waals surface area contributed by atoms with Crippen molar-refractivity contribution in [1.82, 2.24) is 4.90 Å². The summed E-state index contributed by atoms with van der Waals surface area (Å²) in [7, 11) is 0. The Morgan fingerprint density at radius 1 is 1.32 bits per heavy atom. The van der Waals surface area contributed by atoms with Gasteiger partial charge in [-0.15, -0.1) is 0 Å². The van der Waals surface area contributed by atoms with Crippen molar-refractivity contribution in [1.29, 1.82) is 0 Å². The van der Waals surface area contributed by atoms with Gasteiger partial charge in [0.2, 0.25) is 0 Å². The number of hydrogen-bond donors (Lipinski definition) is 2. The van der Waals surface area contributed by atoms with Crippen LogP contribution in [0.5, 0.6) is 0 Å². The van der Waals surface area contributed by atoms with Crippen molar-refractivity contribution in [3.63, 3.8) is 0 Å². The Balaban J connectivity index is 0.000000534. The monoisotopic (exact) mass is 329 g/mol. The van der Waals surface area contributed by atoms with E-state index in [1.165, 1.54) is 4.90 Å². The van der Waals surface area contributed by atoms with Crippen LogP contribution in [0.25, 0.3) is 0 Å². The molecule has 0 radical (unpaired) electrons. The van der Waals surface area contributed by atoms with Crippen molar-refractivity contribution < 1.29 is 37.7 Å². The lowest BCUT2D eigenvalue weighted by molar-refractivity contribution is -0.192. The predicted octanol–water partition coefficient (Wildman–Crippen LogP) is 2.68. The largest absolute Gasteiger partial charge is 0.490 e. The van der Waals surface area contributed by atoms with Crippen LogP contribution in [0.15, 0.2) is 0 Å². The van der Waals surface area contributed by atoms with Gasteiger partial charge in [-0.2, -0.15) is 13.2 Å². The first-order valence-corrected chi connectivity index (χ1v) is 6.89. The lowest BCUT2D eigenvalue weighted by Gasteiger charge is -2.30. The number of ether oxygens (including phenoxy) is 1. The number of halogens is 3. The van der Waals surface area contributed by atoms with Crippen LogP contribution < -0.4 is 0 Å². The number of rotatable bonds is 4. The molecule has 9 heteroatoms. The van der Waals surface area contributed by atoms with Crippen LogP contribution in [0.3, 0.4) is 0 Å². The summed E-state index contributed by atoms with van der Waals surface area (Å²) in [6.07, 6.45) is -3.84. The fraction of sp³-hybridized carbons (Fsp3) is 0.846. The third kappa shape index (κ3) is 9.43. The van der Waals surface area contributed by atoms with Crippen molar-refractivity contribution in [3.05, 3.63) is 0 Å². The first-order valence-electron chi connectivity index (χ1n) is 6.89. The molecule has 0 unspecified atom stereocenters. The highest BCUT2D eigenvalue weighted by Crippen LogP contribution is 2.17. The van der Waals surface area contributed by atoms with Crippen LogP contribution in [0.4, 0.5) is 18.0 Å². The van der Waals surface area contributed by atoms with E-state index in [0.717, 1.165) is 19.4 Å². The highest BCUT2D eigenvalue weighted by Gasteiger charge is 2.38. The molecule has 0 aliphatic carbocycles. The molecule has 0 saturated carbocycles. The molecule has 130 valence electrons. The standard InChI is InChI=1S/C11H21NO3.C2HF3O2/c1-9(2)7-15-8-10-4-3-5-12(6-10)11(13)14;3-2(4,5)1(6)7/h9-10H,3-8H2,1-2H3,(H,13,14);(H,6,7)/t10-;/m0./s1. The van der Waals surface area contributed by atoms with E-state index in [-0.39, 0.29) is 0 Å². The molecule has 6 nitrogen and oxygen atoms in total. The molecule has 0 aromatic rings. The zero-order valence-electron chi connectivity index (χ0n) is 12.6. The Morgan fingerprint density at radius 3 is 2.27 bits per heavy atom. The van der Waals surface area contributed by atoms with E-state index >= 15 is 0 Å². The Kier molecular flexibility index (Phi) is 8.84. The lowest BCUT2D eigenvalue weighted by Crippen LogP contribution is -2.40. The summed E-state index contributed by atoms with van der Waals surface area (Å²) >= 11 is 0. The summed E-state index contributed by atoms with van der Waals surface area (Å²) in [4.78, 5) is 21.2. The van der Waals surface area contributed by atoms with Gasteiger partial charge in [0.25, 0.3) is 0 Å². The Bertz CT molecular complexity index is 360. The number of carboxylic acid groups (broad SMARTS) is 2. The van der Waals surface area contributed by atoms with Gasteiger partial charge in [0, 0.05) is 25.6 Å². The van der Waals surface area contributed by atoms with E-state index in [0.29, 0.717) is 31.5 Å². The first-order chi connectivity index (χ1) is 10.0. The quantitative estimate of drug-likeness (QED) is 0.828. The molecule has 1 fully saturated rings. The normalized spacial score (nSPS) is 18.6. The molecule has 0 spiro atoms. The third-order valence-corrected chi connectivity index (χ3v) is 2.84. The van der Waals surface area contributed by atoms with Crippen LogP contribution in [-0.4, -0.2) is 59.7 Å². The summed E-state index contributed by atoms with van der Waals surface area (Å²) in [5.74, 6) is -1.83. The maximum atomic E-state index is 10.8. The van der Waals surface area contributed by atoms with Crippen molar-refractivity contribution in [2.45, 2.75) is 32.9 Å². The van der Waals surface area contributed by atoms with Crippen molar-refractivity contribution in [2.75, 3.05) is 26.3 Å². The molecule has 0 bridgehead atoms. The fourth-order valence-electron chi connectivity index (χ4n) is 1.85. The maximum Gasteiger partial charge on any atom is 0.490 e. The predicted molar refractivity (Wildman–Crippen MR) is 71.7 cm³/mol. The Hall–Kier alpha value is -1.51. The van der Waals surface area contributed by atoms with E-state index in [1.54, 1.807) is 0 Å². The van der Waals surface area contributed by atoms with E-state index in [9.17, 15) is 18.0 Å². The van der Waals surface area contributed by atoms with Gasteiger partial charge in [-0.25, -0.2) is 9.59 Å². The summed E-state index contributed by atoms with van der Waals surface area (Å²) in [6.45, 7) is 7.00. The molecule has 1 aliphatic heterocycles. The second-order valence-electron chi connectivity index (χ2n) is 5.47. The fourth-order valence-corrected chi connectivity index (χ4v) is 1.85. The van der Waals surface area contributed by atoms with E-state index in [1.807, 2.05) is 0 Å². The zero-order chi connectivity index (χ0) is 17.3. The van der Waals surface area contributed by atoms with Gasteiger partial charge in [0.05, 0.1) is 6.61 Å². The minimum absolute atomic E-state index is 0.383. The number of nitrogens with zero attached hydrogens (tertiary/aromatic N) is 1. The molecule has 1 heterocycles. The van der Waals surface area contributed by atoms with Gasteiger partial charge in [0.1, 0.15) is 0 Å². The zero-order valence-corrected chi connectivity index (χ0v) is 12.6. The van der Waals surface area contributed by atoms with Gasteiger partial charge in [-0.05, 0) is 18.8 Å². The number of likely N-dealkylation sites (tertiary alicyclic amines) is 1. The minimum Gasteiger partial charge on any atom is -0.475 e. The number of hydrogen-bond acceptors (Lipinski definition) is 3. The Morgan fingerprint density at radius 2 is 1.86 bits per heavy atom. The van der Waals surface area contributed by atoms with Gasteiger partial charge in [-0.3, -0.25) is 0 Å². The molecular formula is C13H22F3NO5. The smallest absolute Gasteiger partial charge is 0.475 e. The second kappa shape index (κ2) is 9.50. The third-order valence-electron chi connectivity index (χ3n) is 2.84. The van der Waals surface area contributed by atoms with Crippen LogP contribution in [0.1, 0.15) is 26.7 Å². The SMILES string of the molecule is CC(C)COC[C@H]1CCCN(C(=O)O)C1.O=C(O)C(F)(F)F. The molecule has 1 atom stereocenters. The topological polar surface area (TPSA) is 87.1 Å². The first kappa shape index (κ1) is 20.5. The van der Waals surface area contributed by atoms with Crippen molar-refractivity contribution >= 4 is 12.1 Å². The lowest BCUT2D eigenvalue weighted by atomic mass is 9.99. The van der Waals surface area contributed by atoms with Gasteiger partial charge >= 0.3 is 18.2 Å². The van der Waals surface area contributed by atoms with E-state index in [4.69, 9.17) is 19.7 Å². The second-order valence-corrected chi connectivity index (χ2v) is 5.47. The average Bonchev–Trinajstić information content (AvgIpc) is 2.38. The molecule has 2 N–H and O–H groups in total. The summed E-state index contributed by atoms with van der Waals surface area (Å²) in [5.41, 5.74) is 0. The molecule has 0 aromatic carbocycles. The maximum absolute atomic E-state index is 10.8. The molecule has 1 amide bonds. The van der Waals surface area contributed by atoms with Crippen LogP contribution in [0.2, 0.25) is 0 Å². The number of carboxylic acids is 1. The number of carbonyl (C=O) groups is 2. The van der Waals surface area contributed by atoms with Crippen molar-refractivity contribution in [2.24, 2.45) is 11.8 Å². The Labute approximate surface area is 126 Å². The number of piperidine rings is 1. The minimum atomic E-state index is -5.08. The van der Waals surface area contributed by atoms with Crippen LogP contribution >= 0.6 is 0 Å². The number of aliphatic carboxylic acids is 1. The highest BCUT2D eigenvalue weighted by atomic mass is 19.4. The summed E-state index contributed by atoms with van der Waals surface area (Å²) in [6, 6.07) is 0. The summed E-state index contributed by atoms with van der Waals surface area (Å²) < 4.78 is 37.3. The molecular weight excluding hydrogens is 307 g/mol. The average molecular weight is 329 g/mol. The number of amides is 1. The van der Waals surface area contributed by atoms with Crippen molar-refractivity contribution in [3.8, 4) is 0 Å². The van der Waals surface area contributed by atoms with E-state index in [2.05, 4.69) is 13.8 Å². The van der Waals surface area contributed by atoms with Crippen LogP contribution in [-0.2, 0) is 9.53 Å². The molecule has 0 aromatic heterocycles. The van der Waals surface area contributed by atoms with Crippen LogP contribution in [0, 0.1) is 11.8 Å². The molecule has 1 saturated heterocycles. The van der Waals surface area contributed by atoms with E-state index < -0.39 is 18.2 Å². The molecule has 22 heavy (non-hydrogen) atoms. The van der Waals surface area contributed by atoms with Gasteiger partial charge in [-0.1, -0.05) is 13.8 Å². The van der Waals surface area contributed by atoms with Gasteiger partial charge < -0.3 is 19.8 Å². The van der Waals surface area contributed by atoms with Gasteiger partial charge in [0.15, 0.2) is 0 Å². The molecule has 1 rings (SSSR count). The summed E-state index contributed by atoms with van der Waals surface area (Å²) in [5, 5.41) is 16.0. The number of alkyl halides is 3.